The molecule has 3 rings (SSSR count). The van der Waals surface area contributed by atoms with Crippen LogP contribution in [0.2, 0.25) is 0 Å². The van der Waals surface area contributed by atoms with Gasteiger partial charge >= 0.3 is 5.97 Å². The standard InChI is InChI=1S/C13H10N2O2S/c1-17-13(16)9-7-14-6-8(9)12-15-10-4-2-3-5-11(10)18-12/h2-7,14H,1H3. The second kappa shape index (κ2) is 4.27. The summed E-state index contributed by atoms with van der Waals surface area (Å²) < 4.78 is 5.85. The molecule has 0 saturated heterocycles. The second-order valence-corrected chi connectivity index (χ2v) is 4.79. The summed E-state index contributed by atoms with van der Waals surface area (Å²) in [5.41, 5.74) is 2.23. The average Bonchev–Trinajstić information content (AvgIpc) is 3.03. The van der Waals surface area contributed by atoms with E-state index in [1.807, 2.05) is 24.3 Å². The number of nitrogens with zero attached hydrogens (tertiary/aromatic N) is 1. The van der Waals surface area contributed by atoms with Crippen molar-refractivity contribution < 1.29 is 9.53 Å². The van der Waals surface area contributed by atoms with Gasteiger partial charge in [0, 0.05) is 18.0 Å². The monoisotopic (exact) mass is 258 g/mol. The number of carbonyl (C=O) groups is 1. The summed E-state index contributed by atoms with van der Waals surface area (Å²) in [6.45, 7) is 0. The van der Waals surface area contributed by atoms with E-state index >= 15 is 0 Å². The first-order valence-corrected chi connectivity index (χ1v) is 6.22. The molecule has 0 aliphatic heterocycles. The van der Waals surface area contributed by atoms with Crippen LogP contribution in [0.1, 0.15) is 10.4 Å². The Kier molecular flexibility index (Phi) is 2.60. The van der Waals surface area contributed by atoms with Crippen LogP contribution in [-0.2, 0) is 4.74 Å². The van der Waals surface area contributed by atoms with Crippen molar-refractivity contribution in [3.05, 3.63) is 42.2 Å². The molecule has 0 amide bonds. The fourth-order valence-corrected chi connectivity index (χ4v) is 2.80. The molecular weight excluding hydrogens is 248 g/mol. The van der Waals surface area contributed by atoms with Crippen molar-refractivity contribution in [3.8, 4) is 10.6 Å². The molecular formula is C13H10N2O2S. The lowest BCUT2D eigenvalue weighted by Gasteiger charge is -1.97. The first-order valence-electron chi connectivity index (χ1n) is 5.40. The molecule has 5 heteroatoms. The Balaban J connectivity index is 2.14. The van der Waals surface area contributed by atoms with Crippen LogP contribution in [0.15, 0.2) is 36.7 Å². The maximum Gasteiger partial charge on any atom is 0.340 e. The summed E-state index contributed by atoms with van der Waals surface area (Å²) in [6.07, 6.45) is 3.40. The molecule has 0 aliphatic rings. The predicted octanol–water partition coefficient (Wildman–Crippen LogP) is 3.08. The van der Waals surface area contributed by atoms with Crippen molar-refractivity contribution in [2.45, 2.75) is 0 Å². The third kappa shape index (κ3) is 1.69. The van der Waals surface area contributed by atoms with Crippen LogP contribution < -0.4 is 0 Å². The molecule has 1 N–H and O–H groups in total. The Morgan fingerprint density at radius 3 is 2.94 bits per heavy atom. The lowest BCUT2D eigenvalue weighted by Crippen LogP contribution is -2.00. The maximum atomic E-state index is 11.6. The summed E-state index contributed by atoms with van der Waals surface area (Å²) in [6, 6.07) is 7.90. The maximum absolute atomic E-state index is 11.6. The fraction of sp³-hybridized carbons (Fsp3) is 0.0769. The smallest absolute Gasteiger partial charge is 0.340 e. The van der Waals surface area contributed by atoms with Gasteiger partial charge in [0.1, 0.15) is 5.01 Å². The lowest BCUT2D eigenvalue weighted by molar-refractivity contribution is 0.0602. The largest absolute Gasteiger partial charge is 0.465 e. The minimum Gasteiger partial charge on any atom is -0.465 e. The van der Waals surface area contributed by atoms with Gasteiger partial charge in [-0.2, -0.15) is 0 Å². The van der Waals surface area contributed by atoms with Crippen LogP contribution in [0, 0.1) is 0 Å². The summed E-state index contributed by atoms with van der Waals surface area (Å²) in [4.78, 5) is 19.1. The van der Waals surface area contributed by atoms with Crippen LogP contribution in [0.5, 0.6) is 0 Å². The Hall–Kier alpha value is -2.14. The second-order valence-electron chi connectivity index (χ2n) is 3.76. The number of ether oxygens (including phenoxy) is 1. The zero-order valence-corrected chi connectivity index (χ0v) is 10.5. The van der Waals surface area contributed by atoms with Gasteiger partial charge in [-0.15, -0.1) is 11.3 Å². The van der Waals surface area contributed by atoms with Gasteiger partial charge in [-0.25, -0.2) is 9.78 Å². The highest BCUT2D eigenvalue weighted by Gasteiger charge is 2.17. The molecule has 2 aromatic heterocycles. The van der Waals surface area contributed by atoms with E-state index in [4.69, 9.17) is 4.74 Å². The van der Waals surface area contributed by atoms with Gasteiger partial charge in [0.05, 0.1) is 22.9 Å². The van der Waals surface area contributed by atoms with E-state index in [1.165, 1.54) is 7.11 Å². The minimum absolute atomic E-state index is 0.356. The van der Waals surface area contributed by atoms with E-state index in [0.29, 0.717) is 5.56 Å². The number of nitrogens with one attached hydrogen (secondary N) is 1. The highest BCUT2D eigenvalue weighted by Crippen LogP contribution is 2.32. The van der Waals surface area contributed by atoms with Crippen LogP contribution in [0.4, 0.5) is 0 Å². The van der Waals surface area contributed by atoms with Crippen molar-refractivity contribution in [2.75, 3.05) is 7.11 Å². The molecule has 0 radical (unpaired) electrons. The summed E-state index contributed by atoms with van der Waals surface area (Å²) in [5.74, 6) is -0.356. The Morgan fingerprint density at radius 1 is 1.33 bits per heavy atom. The van der Waals surface area contributed by atoms with E-state index in [0.717, 1.165) is 20.8 Å². The molecule has 18 heavy (non-hydrogen) atoms. The van der Waals surface area contributed by atoms with Crippen LogP contribution >= 0.6 is 11.3 Å². The summed E-state index contributed by atoms with van der Waals surface area (Å²) >= 11 is 1.56. The van der Waals surface area contributed by atoms with Crippen LogP contribution in [-0.4, -0.2) is 23.0 Å². The van der Waals surface area contributed by atoms with Gasteiger partial charge < -0.3 is 9.72 Å². The zero-order valence-electron chi connectivity index (χ0n) is 9.64. The quantitative estimate of drug-likeness (QED) is 0.719. The van der Waals surface area contributed by atoms with Gasteiger partial charge in [0.15, 0.2) is 0 Å². The minimum atomic E-state index is -0.356. The normalized spacial score (nSPS) is 10.7. The molecule has 0 unspecified atom stereocenters. The number of esters is 1. The predicted molar refractivity (Wildman–Crippen MR) is 70.7 cm³/mol. The average molecular weight is 258 g/mol. The first-order chi connectivity index (χ1) is 8.79. The van der Waals surface area contributed by atoms with E-state index in [1.54, 1.807) is 23.7 Å². The number of aromatic amines is 1. The molecule has 4 nitrogen and oxygen atoms in total. The highest BCUT2D eigenvalue weighted by atomic mass is 32.1. The van der Waals surface area contributed by atoms with Crippen LogP contribution in [0.25, 0.3) is 20.8 Å². The van der Waals surface area contributed by atoms with E-state index < -0.39 is 0 Å². The van der Waals surface area contributed by atoms with Crippen molar-refractivity contribution in [3.63, 3.8) is 0 Å². The number of methoxy groups -OCH3 is 1. The lowest BCUT2D eigenvalue weighted by atomic mass is 10.2. The Labute approximate surface area is 107 Å². The topological polar surface area (TPSA) is 55.0 Å². The van der Waals surface area contributed by atoms with Gasteiger partial charge in [-0.1, -0.05) is 12.1 Å². The van der Waals surface area contributed by atoms with E-state index in [9.17, 15) is 4.79 Å². The Morgan fingerprint density at radius 2 is 2.17 bits per heavy atom. The molecule has 0 bridgehead atoms. The van der Waals surface area contributed by atoms with Crippen molar-refractivity contribution in [1.82, 2.24) is 9.97 Å². The fourth-order valence-electron chi connectivity index (χ4n) is 1.81. The molecule has 2 heterocycles. The van der Waals surface area contributed by atoms with Crippen molar-refractivity contribution in [2.24, 2.45) is 0 Å². The number of rotatable bonds is 2. The van der Waals surface area contributed by atoms with Gasteiger partial charge in [0.2, 0.25) is 0 Å². The number of carbonyl (C=O) groups excluding carboxylic acids is 1. The SMILES string of the molecule is COC(=O)c1c[nH]cc1-c1nc2ccccc2s1. The Bertz CT molecular complexity index is 681. The third-order valence-electron chi connectivity index (χ3n) is 2.68. The molecule has 3 aromatic rings. The first kappa shape index (κ1) is 11.0. The molecule has 0 fully saturated rings. The number of para-hydroxylation sites is 1. The number of thiazole rings is 1. The van der Waals surface area contributed by atoms with Crippen molar-refractivity contribution >= 4 is 27.5 Å². The number of H-pyrrole nitrogens is 1. The summed E-state index contributed by atoms with van der Waals surface area (Å²) in [7, 11) is 1.37. The molecule has 0 aliphatic carbocycles. The molecule has 0 spiro atoms. The molecule has 0 saturated carbocycles. The van der Waals surface area contributed by atoms with Crippen LogP contribution in [0.3, 0.4) is 0 Å². The van der Waals surface area contributed by atoms with E-state index in [-0.39, 0.29) is 5.97 Å². The summed E-state index contributed by atoms with van der Waals surface area (Å²) in [5, 5.41) is 0.817. The number of hydrogen-bond acceptors (Lipinski definition) is 4. The highest BCUT2D eigenvalue weighted by molar-refractivity contribution is 7.21. The number of fused-ring (bicyclic) bond motifs is 1. The number of hydrogen-bond donors (Lipinski definition) is 1. The number of aromatic nitrogens is 2. The number of benzene rings is 1. The molecule has 90 valence electrons. The van der Waals surface area contributed by atoms with Crippen molar-refractivity contribution in [1.29, 1.82) is 0 Å². The van der Waals surface area contributed by atoms with E-state index in [2.05, 4.69) is 9.97 Å². The zero-order chi connectivity index (χ0) is 12.5. The van der Waals surface area contributed by atoms with Gasteiger partial charge in [0.25, 0.3) is 0 Å². The third-order valence-corrected chi connectivity index (χ3v) is 3.74. The molecule has 1 aromatic carbocycles. The van der Waals surface area contributed by atoms with Gasteiger partial charge in [-0.3, -0.25) is 0 Å². The molecule has 0 atom stereocenters. The van der Waals surface area contributed by atoms with Gasteiger partial charge in [-0.05, 0) is 12.1 Å².